The van der Waals surface area contributed by atoms with Crippen LogP contribution in [0.1, 0.15) is 32.1 Å². The predicted octanol–water partition coefficient (Wildman–Crippen LogP) is 2.05. The van der Waals surface area contributed by atoms with E-state index in [-0.39, 0.29) is 17.9 Å². The fourth-order valence-corrected chi connectivity index (χ4v) is 5.30. The van der Waals surface area contributed by atoms with Crippen LogP contribution >= 0.6 is 0 Å². The minimum Gasteiger partial charge on any atom is -0.311 e. The summed E-state index contributed by atoms with van der Waals surface area (Å²) < 4.78 is 0. The average molecular weight is 255 g/mol. The van der Waals surface area contributed by atoms with E-state index in [0.717, 1.165) is 37.0 Å². The summed E-state index contributed by atoms with van der Waals surface area (Å²) in [6.45, 7) is 0. The molecule has 98 valence electrons. The van der Waals surface area contributed by atoms with Crippen LogP contribution in [0.2, 0.25) is 0 Å². The SMILES string of the molecule is O=C1C2=C3[C@@H](CCC2)CC(=O)N3[C@H]2[C@@H]1[C@H]1C=C[C@@H]2C1. The van der Waals surface area contributed by atoms with Crippen LogP contribution in [-0.4, -0.2) is 22.6 Å². The fourth-order valence-electron chi connectivity index (χ4n) is 5.30. The van der Waals surface area contributed by atoms with E-state index in [0.29, 0.717) is 30.0 Å². The van der Waals surface area contributed by atoms with Gasteiger partial charge in [0.1, 0.15) is 0 Å². The molecule has 2 bridgehead atoms. The van der Waals surface area contributed by atoms with E-state index in [9.17, 15) is 9.59 Å². The zero-order valence-corrected chi connectivity index (χ0v) is 10.8. The van der Waals surface area contributed by atoms with Gasteiger partial charge in [-0.15, -0.1) is 0 Å². The number of nitrogens with zero attached hydrogens (tertiary/aromatic N) is 1. The second-order valence-electron chi connectivity index (χ2n) is 6.75. The summed E-state index contributed by atoms with van der Waals surface area (Å²) in [5, 5.41) is 0. The standard InChI is InChI=1S/C16H17NO2/c18-12-7-9-2-1-3-11-14(9)17(12)15-10-5-4-8(6-10)13(15)16(11)19/h4-5,8-10,13,15H,1-3,6-7H2/t8-,9-,10+,13-,15+/m0/s1. The molecule has 2 heterocycles. The number of Topliss-reactive ketones (excluding diaryl/α,β-unsaturated/α-hetero) is 1. The van der Waals surface area contributed by atoms with Crippen molar-refractivity contribution < 1.29 is 9.59 Å². The van der Waals surface area contributed by atoms with Gasteiger partial charge in [-0.25, -0.2) is 0 Å². The number of rotatable bonds is 0. The Morgan fingerprint density at radius 2 is 2.00 bits per heavy atom. The van der Waals surface area contributed by atoms with Crippen molar-refractivity contribution in [2.45, 2.75) is 38.1 Å². The van der Waals surface area contributed by atoms with Crippen LogP contribution in [-0.2, 0) is 9.59 Å². The Morgan fingerprint density at radius 1 is 1.16 bits per heavy atom. The molecule has 2 fully saturated rings. The molecule has 0 radical (unpaired) electrons. The molecule has 2 aliphatic heterocycles. The van der Waals surface area contributed by atoms with E-state index < -0.39 is 0 Å². The van der Waals surface area contributed by atoms with Gasteiger partial charge in [0, 0.05) is 29.5 Å². The van der Waals surface area contributed by atoms with Gasteiger partial charge in [0.15, 0.2) is 5.78 Å². The zero-order chi connectivity index (χ0) is 12.7. The third-order valence-corrected chi connectivity index (χ3v) is 5.94. The number of hydrogen-bond acceptors (Lipinski definition) is 2. The van der Waals surface area contributed by atoms with Crippen molar-refractivity contribution in [3.63, 3.8) is 0 Å². The van der Waals surface area contributed by atoms with Crippen molar-refractivity contribution in [1.82, 2.24) is 4.90 Å². The number of carbonyl (C=O) groups is 2. The van der Waals surface area contributed by atoms with Gasteiger partial charge >= 0.3 is 0 Å². The fraction of sp³-hybridized carbons (Fsp3) is 0.625. The summed E-state index contributed by atoms with van der Waals surface area (Å²) in [6, 6.07) is 0.164. The van der Waals surface area contributed by atoms with Crippen molar-refractivity contribution in [1.29, 1.82) is 0 Å². The van der Waals surface area contributed by atoms with E-state index in [1.807, 2.05) is 0 Å². The third kappa shape index (κ3) is 1.07. The highest BCUT2D eigenvalue weighted by Crippen LogP contribution is 2.55. The maximum absolute atomic E-state index is 12.8. The molecule has 3 nitrogen and oxygen atoms in total. The number of fused-ring (bicyclic) bond motifs is 6. The van der Waals surface area contributed by atoms with Gasteiger partial charge in [-0.05, 0) is 37.5 Å². The molecule has 1 amide bonds. The lowest BCUT2D eigenvalue weighted by Crippen LogP contribution is -2.51. The van der Waals surface area contributed by atoms with E-state index >= 15 is 0 Å². The normalized spacial score (nSPS) is 46.1. The lowest BCUT2D eigenvalue weighted by atomic mass is 9.74. The molecule has 0 aromatic rings. The van der Waals surface area contributed by atoms with Gasteiger partial charge in [0.05, 0.1) is 6.04 Å². The van der Waals surface area contributed by atoms with Gasteiger partial charge in [0.25, 0.3) is 0 Å². The van der Waals surface area contributed by atoms with Gasteiger partial charge in [0.2, 0.25) is 5.91 Å². The molecule has 0 aromatic carbocycles. The molecule has 5 aliphatic rings. The minimum absolute atomic E-state index is 0.0783. The lowest BCUT2D eigenvalue weighted by molar-refractivity contribution is -0.133. The number of amides is 1. The Bertz CT molecular complexity index is 573. The van der Waals surface area contributed by atoms with Crippen LogP contribution in [0.25, 0.3) is 0 Å². The molecule has 0 aromatic heterocycles. The maximum atomic E-state index is 12.8. The molecule has 3 heteroatoms. The first-order chi connectivity index (χ1) is 9.25. The van der Waals surface area contributed by atoms with Gasteiger partial charge in [-0.1, -0.05) is 12.2 Å². The largest absolute Gasteiger partial charge is 0.311 e. The second-order valence-corrected chi connectivity index (χ2v) is 6.75. The molecule has 0 unspecified atom stereocenters. The molecule has 0 N–H and O–H groups in total. The van der Waals surface area contributed by atoms with Crippen molar-refractivity contribution in [2.75, 3.05) is 0 Å². The Labute approximate surface area is 112 Å². The van der Waals surface area contributed by atoms with Crippen molar-refractivity contribution in [3.8, 4) is 0 Å². The first-order valence-corrected chi connectivity index (χ1v) is 7.53. The monoisotopic (exact) mass is 255 g/mol. The summed E-state index contributed by atoms with van der Waals surface area (Å²) in [5.41, 5.74) is 2.16. The second kappa shape index (κ2) is 3.20. The van der Waals surface area contributed by atoms with Gasteiger partial charge < -0.3 is 4.90 Å². The summed E-state index contributed by atoms with van der Waals surface area (Å²) >= 11 is 0. The summed E-state index contributed by atoms with van der Waals surface area (Å²) in [4.78, 5) is 27.3. The van der Waals surface area contributed by atoms with E-state index in [4.69, 9.17) is 0 Å². The zero-order valence-electron chi connectivity index (χ0n) is 10.8. The number of ketones is 1. The highest BCUT2D eigenvalue weighted by Gasteiger charge is 2.59. The van der Waals surface area contributed by atoms with E-state index in [1.54, 1.807) is 0 Å². The Kier molecular flexibility index (Phi) is 1.75. The van der Waals surface area contributed by atoms with Gasteiger partial charge in [-0.2, -0.15) is 0 Å². The van der Waals surface area contributed by atoms with Crippen molar-refractivity contribution >= 4 is 11.7 Å². The highest BCUT2D eigenvalue weighted by molar-refractivity contribution is 6.03. The van der Waals surface area contributed by atoms with E-state index in [1.165, 1.54) is 0 Å². The topological polar surface area (TPSA) is 37.4 Å². The van der Waals surface area contributed by atoms with Crippen molar-refractivity contribution in [2.24, 2.45) is 23.7 Å². The van der Waals surface area contributed by atoms with Crippen LogP contribution in [0.5, 0.6) is 0 Å². The smallest absolute Gasteiger partial charge is 0.227 e. The maximum Gasteiger partial charge on any atom is 0.227 e. The molecule has 19 heavy (non-hydrogen) atoms. The highest BCUT2D eigenvalue weighted by atomic mass is 16.2. The number of carbonyl (C=O) groups excluding carboxylic acids is 2. The van der Waals surface area contributed by atoms with E-state index in [2.05, 4.69) is 17.1 Å². The molecule has 3 aliphatic carbocycles. The lowest BCUT2D eigenvalue weighted by Gasteiger charge is -2.42. The summed E-state index contributed by atoms with van der Waals surface area (Å²) in [5.74, 6) is 1.91. The third-order valence-electron chi connectivity index (χ3n) is 5.94. The molecular weight excluding hydrogens is 238 g/mol. The molecule has 5 atom stereocenters. The first-order valence-electron chi connectivity index (χ1n) is 7.53. The Morgan fingerprint density at radius 3 is 2.89 bits per heavy atom. The Hall–Kier alpha value is -1.38. The Balaban J connectivity index is 1.73. The first kappa shape index (κ1) is 10.4. The molecule has 1 saturated carbocycles. The average Bonchev–Trinajstić information content (AvgIpc) is 3.07. The van der Waals surface area contributed by atoms with Crippen LogP contribution in [0.4, 0.5) is 0 Å². The van der Waals surface area contributed by atoms with Crippen LogP contribution in [0.3, 0.4) is 0 Å². The predicted molar refractivity (Wildman–Crippen MR) is 68.9 cm³/mol. The number of allylic oxidation sites excluding steroid dienone is 3. The van der Waals surface area contributed by atoms with Crippen LogP contribution in [0.15, 0.2) is 23.4 Å². The van der Waals surface area contributed by atoms with Gasteiger partial charge in [-0.3, -0.25) is 9.59 Å². The number of hydrogen-bond donors (Lipinski definition) is 0. The summed E-state index contributed by atoms with van der Waals surface area (Å²) in [6.07, 6.45) is 9.27. The summed E-state index contributed by atoms with van der Waals surface area (Å²) in [7, 11) is 0. The molecule has 1 saturated heterocycles. The van der Waals surface area contributed by atoms with Crippen LogP contribution < -0.4 is 0 Å². The quantitative estimate of drug-likeness (QED) is 0.621. The van der Waals surface area contributed by atoms with Crippen molar-refractivity contribution in [3.05, 3.63) is 23.4 Å². The molecule has 5 rings (SSSR count). The van der Waals surface area contributed by atoms with Crippen LogP contribution in [0, 0.1) is 23.7 Å². The molecular formula is C16H17NO2. The minimum atomic E-state index is 0.0783. The molecule has 0 spiro atoms.